The Bertz CT molecular complexity index is 893. The van der Waals surface area contributed by atoms with Crippen LogP contribution >= 0.6 is 0 Å². The van der Waals surface area contributed by atoms with Crippen molar-refractivity contribution in [1.29, 1.82) is 0 Å². The van der Waals surface area contributed by atoms with E-state index in [4.69, 9.17) is 18.3 Å². The molecular weight excluding hydrogens is 336 g/mol. The number of furan rings is 2. The maximum Gasteiger partial charge on any atom is 0.336 e. The summed E-state index contributed by atoms with van der Waals surface area (Å²) in [7, 11) is 2.97. The van der Waals surface area contributed by atoms with Crippen LogP contribution in [0.5, 0.6) is 11.5 Å². The SMILES string of the molecule is COc1cc(C(=O)O)c(C(c2ccc(C)o2)c2ccc(C)o2)cc1OC. The van der Waals surface area contributed by atoms with Gasteiger partial charge >= 0.3 is 5.97 Å². The lowest BCUT2D eigenvalue weighted by Gasteiger charge is -2.18. The second-order valence-corrected chi connectivity index (χ2v) is 5.93. The Balaban J connectivity index is 2.28. The number of ether oxygens (including phenoxy) is 2. The quantitative estimate of drug-likeness (QED) is 0.705. The van der Waals surface area contributed by atoms with Gasteiger partial charge in [-0.05, 0) is 55.8 Å². The third kappa shape index (κ3) is 3.18. The molecule has 0 atom stereocenters. The fourth-order valence-electron chi connectivity index (χ4n) is 2.98. The van der Waals surface area contributed by atoms with E-state index in [2.05, 4.69) is 0 Å². The standard InChI is InChI=1S/C20H20O6/c1-11-5-7-15(25-11)19(16-8-6-12(2)26-16)13-9-17(23-3)18(24-4)10-14(13)20(21)22/h5-10,19H,1-4H3,(H,21,22). The predicted octanol–water partition coefficient (Wildman–Crippen LogP) is 4.39. The summed E-state index contributed by atoms with van der Waals surface area (Å²) >= 11 is 0. The molecule has 0 aliphatic heterocycles. The van der Waals surface area contributed by atoms with Gasteiger partial charge in [-0.25, -0.2) is 4.79 Å². The lowest BCUT2D eigenvalue weighted by molar-refractivity contribution is 0.0695. The van der Waals surface area contributed by atoms with E-state index in [0.717, 1.165) is 11.5 Å². The first-order valence-corrected chi connectivity index (χ1v) is 8.06. The van der Waals surface area contributed by atoms with Gasteiger partial charge < -0.3 is 23.4 Å². The highest BCUT2D eigenvalue weighted by Crippen LogP contribution is 2.40. The minimum atomic E-state index is -1.07. The summed E-state index contributed by atoms with van der Waals surface area (Å²) in [5, 5.41) is 9.74. The topological polar surface area (TPSA) is 82.0 Å². The van der Waals surface area contributed by atoms with Gasteiger partial charge in [-0.15, -0.1) is 0 Å². The molecule has 6 nitrogen and oxygen atoms in total. The zero-order chi connectivity index (χ0) is 18.8. The number of methoxy groups -OCH3 is 2. The van der Waals surface area contributed by atoms with Crippen molar-refractivity contribution in [3.05, 3.63) is 70.6 Å². The van der Waals surface area contributed by atoms with Crippen molar-refractivity contribution in [3.63, 3.8) is 0 Å². The van der Waals surface area contributed by atoms with E-state index in [-0.39, 0.29) is 5.56 Å². The average molecular weight is 356 g/mol. The lowest BCUT2D eigenvalue weighted by Crippen LogP contribution is -2.10. The number of carboxylic acid groups (broad SMARTS) is 1. The predicted molar refractivity (Wildman–Crippen MR) is 94.3 cm³/mol. The van der Waals surface area contributed by atoms with Crippen molar-refractivity contribution >= 4 is 5.97 Å². The first-order chi connectivity index (χ1) is 12.4. The van der Waals surface area contributed by atoms with Gasteiger partial charge in [0.25, 0.3) is 0 Å². The highest BCUT2D eigenvalue weighted by molar-refractivity contribution is 5.91. The minimum Gasteiger partial charge on any atom is -0.493 e. The number of benzene rings is 1. The number of carboxylic acids is 1. The van der Waals surface area contributed by atoms with Crippen molar-refractivity contribution in [2.75, 3.05) is 14.2 Å². The van der Waals surface area contributed by atoms with E-state index in [1.54, 1.807) is 6.07 Å². The van der Waals surface area contributed by atoms with Crippen LogP contribution in [0.15, 0.2) is 45.2 Å². The summed E-state index contributed by atoms with van der Waals surface area (Å²) in [4.78, 5) is 11.9. The molecule has 0 unspecified atom stereocenters. The van der Waals surface area contributed by atoms with Crippen molar-refractivity contribution in [1.82, 2.24) is 0 Å². The molecule has 0 aliphatic carbocycles. The lowest BCUT2D eigenvalue weighted by atomic mass is 9.89. The first-order valence-electron chi connectivity index (χ1n) is 8.06. The molecule has 6 heteroatoms. The molecule has 1 N–H and O–H groups in total. The Morgan fingerprint density at radius 2 is 1.42 bits per heavy atom. The molecule has 0 aliphatic rings. The zero-order valence-corrected chi connectivity index (χ0v) is 15.0. The molecule has 0 spiro atoms. The van der Waals surface area contributed by atoms with Crippen LogP contribution in [-0.2, 0) is 0 Å². The van der Waals surface area contributed by atoms with Crippen LogP contribution in [0.4, 0.5) is 0 Å². The van der Waals surface area contributed by atoms with Crippen LogP contribution in [0, 0.1) is 13.8 Å². The molecule has 2 aromatic heterocycles. The number of aryl methyl sites for hydroxylation is 2. The number of hydrogen-bond donors (Lipinski definition) is 1. The number of carbonyl (C=O) groups is 1. The Labute approximate surface area is 151 Å². The maximum absolute atomic E-state index is 11.9. The van der Waals surface area contributed by atoms with Gasteiger partial charge in [0.05, 0.1) is 19.8 Å². The first kappa shape index (κ1) is 17.7. The molecule has 1 aromatic carbocycles. The van der Waals surface area contributed by atoms with E-state index < -0.39 is 11.9 Å². The Morgan fingerprint density at radius 3 is 1.81 bits per heavy atom. The molecule has 26 heavy (non-hydrogen) atoms. The van der Waals surface area contributed by atoms with Crippen LogP contribution < -0.4 is 9.47 Å². The Kier molecular flexibility index (Phi) is 4.75. The molecule has 3 aromatic rings. The van der Waals surface area contributed by atoms with Gasteiger partial charge in [-0.2, -0.15) is 0 Å². The van der Waals surface area contributed by atoms with E-state index >= 15 is 0 Å². The monoisotopic (exact) mass is 356 g/mol. The van der Waals surface area contributed by atoms with Crippen LogP contribution in [0.3, 0.4) is 0 Å². The third-order valence-electron chi connectivity index (χ3n) is 4.19. The smallest absolute Gasteiger partial charge is 0.336 e. The average Bonchev–Trinajstić information content (AvgIpc) is 3.23. The summed E-state index contributed by atoms with van der Waals surface area (Å²) in [6.45, 7) is 3.67. The molecule has 0 radical (unpaired) electrons. The molecule has 2 heterocycles. The fraction of sp³-hybridized carbons (Fsp3) is 0.250. The van der Waals surface area contributed by atoms with Crippen molar-refractivity contribution < 1.29 is 28.2 Å². The van der Waals surface area contributed by atoms with Crippen LogP contribution in [0.25, 0.3) is 0 Å². The molecule has 3 rings (SSSR count). The second kappa shape index (κ2) is 7.00. The van der Waals surface area contributed by atoms with Crippen LogP contribution in [-0.4, -0.2) is 25.3 Å². The second-order valence-electron chi connectivity index (χ2n) is 5.93. The number of aromatic carboxylic acids is 1. The minimum absolute atomic E-state index is 0.0933. The van der Waals surface area contributed by atoms with Gasteiger partial charge in [-0.1, -0.05) is 0 Å². The summed E-state index contributed by atoms with van der Waals surface area (Å²) in [6, 6.07) is 10.4. The fourth-order valence-corrected chi connectivity index (χ4v) is 2.98. The van der Waals surface area contributed by atoms with E-state index in [9.17, 15) is 9.90 Å². The molecule has 0 saturated heterocycles. The Hall–Kier alpha value is -3.15. The molecule has 0 bridgehead atoms. The number of rotatable bonds is 6. The van der Waals surface area contributed by atoms with E-state index in [1.807, 2.05) is 38.1 Å². The molecule has 0 fully saturated rings. The molecule has 0 saturated carbocycles. The summed E-state index contributed by atoms with van der Waals surface area (Å²) in [5.74, 6) is 1.82. The van der Waals surface area contributed by atoms with Crippen molar-refractivity contribution in [2.45, 2.75) is 19.8 Å². The van der Waals surface area contributed by atoms with Crippen LogP contribution in [0.2, 0.25) is 0 Å². The third-order valence-corrected chi connectivity index (χ3v) is 4.19. The zero-order valence-electron chi connectivity index (χ0n) is 15.0. The van der Waals surface area contributed by atoms with E-state index in [1.165, 1.54) is 20.3 Å². The normalized spacial score (nSPS) is 11.0. The van der Waals surface area contributed by atoms with Gasteiger partial charge in [0, 0.05) is 0 Å². The summed E-state index contributed by atoms with van der Waals surface area (Å²) in [6.07, 6.45) is 0. The highest BCUT2D eigenvalue weighted by atomic mass is 16.5. The maximum atomic E-state index is 11.9. The van der Waals surface area contributed by atoms with Crippen molar-refractivity contribution in [2.24, 2.45) is 0 Å². The van der Waals surface area contributed by atoms with Gasteiger partial charge in [0.15, 0.2) is 11.5 Å². The Morgan fingerprint density at radius 1 is 0.923 bits per heavy atom. The van der Waals surface area contributed by atoms with E-state index in [0.29, 0.717) is 28.6 Å². The van der Waals surface area contributed by atoms with Gasteiger partial charge in [0.1, 0.15) is 29.0 Å². The molecule has 136 valence electrons. The van der Waals surface area contributed by atoms with Gasteiger partial charge in [-0.3, -0.25) is 0 Å². The van der Waals surface area contributed by atoms with Crippen molar-refractivity contribution in [3.8, 4) is 11.5 Å². The highest BCUT2D eigenvalue weighted by Gasteiger charge is 2.29. The number of hydrogen-bond acceptors (Lipinski definition) is 5. The molecular formula is C20H20O6. The summed E-state index contributed by atoms with van der Waals surface area (Å²) < 4.78 is 22.2. The summed E-state index contributed by atoms with van der Waals surface area (Å²) in [5.41, 5.74) is 0.592. The molecule has 0 amide bonds. The van der Waals surface area contributed by atoms with Gasteiger partial charge in [0.2, 0.25) is 0 Å². The van der Waals surface area contributed by atoms with Crippen LogP contribution in [0.1, 0.15) is 44.9 Å². The largest absolute Gasteiger partial charge is 0.493 e.